The first-order chi connectivity index (χ1) is 15.2. The lowest BCUT2D eigenvalue weighted by Gasteiger charge is -2.41. The Labute approximate surface area is 189 Å². The molecule has 0 bridgehead atoms. The molecular formula is C27H30FN3O. The van der Waals surface area contributed by atoms with Gasteiger partial charge in [0.15, 0.2) is 0 Å². The average Bonchev–Trinajstić information content (AvgIpc) is 3.04. The number of nitrogens with zero attached hydrogens (tertiary/aromatic N) is 2. The van der Waals surface area contributed by atoms with Crippen LogP contribution in [0.5, 0.6) is 0 Å². The maximum atomic E-state index is 14.3. The van der Waals surface area contributed by atoms with Crippen molar-refractivity contribution in [2.24, 2.45) is 10.8 Å². The predicted molar refractivity (Wildman–Crippen MR) is 124 cm³/mol. The summed E-state index contributed by atoms with van der Waals surface area (Å²) in [6.07, 6.45) is 3.39. The largest absolute Gasteiger partial charge is 0.349 e. The van der Waals surface area contributed by atoms with Gasteiger partial charge in [0.2, 0.25) is 5.91 Å². The molecule has 1 saturated carbocycles. The standard InChI is InChI=1S/C27H30FN3O/c1-18(19-10-6-5-7-11-19)30-25(32)27(4)15-14-22(26(27,2)3)20-16-24(31-29-17-20)21-12-8-9-13-23(21)28/h5-13,16-18,22H,14-15H2,1-4H3,(H,30,32)/t18?,22-,27-/m0/s1. The van der Waals surface area contributed by atoms with E-state index in [9.17, 15) is 9.18 Å². The number of benzene rings is 2. The molecule has 1 aliphatic rings. The number of hydrogen-bond acceptors (Lipinski definition) is 3. The van der Waals surface area contributed by atoms with E-state index in [1.54, 1.807) is 24.4 Å². The zero-order valence-electron chi connectivity index (χ0n) is 19.1. The Bertz CT molecular complexity index is 1110. The highest BCUT2D eigenvalue weighted by Crippen LogP contribution is 2.60. The molecule has 1 amide bonds. The summed E-state index contributed by atoms with van der Waals surface area (Å²) in [6.45, 7) is 8.39. The molecular weight excluding hydrogens is 401 g/mol. The minimum atomic E-state index is -0.540. The van der Waals surface area contributed by atoms with Crippen LogP contribution in [0.4, 0.5) is 4.39 Å². The van der Waals surface area contributed by atoms with Crippen LogP contribution in [0.25, 0.3) is 11.3 Å². The minimum absolute atomic E-state index is 0.0642. The topological polar surface area (TPSA) is 54.9 Å². The predicted octanol–water partition coefficient (Wildman–Crippen LogP) is 6.07. The molecule has 32 heavy (non-hydrogen) atoms. The van der Waals surface area contributed by atoms with Crippen LogP contribution in [0.2, 0.25) is 0 Å². The van der Waals surface area contributed by atoms with Crippen LogP contribution < -0.4 is 5.32 Å². The van der Waals surface area contributed by atoms with Crippen molar-refractivity contribution < 1.29 is 9.18 Å². The van der Waals surface area contributed by atoms with Gasteiger partial charge in [-0.3, -0.25) is 4.79 Å². The Hall–Kier alpha value is -3.08. The molecule has 4 nitrogen and oxygen atoms in total. The first kappa shape index (κ1) is 22.1. The number of carbonyl (C=O) groups excluding carboxylic acids is 1. The van der Waals surface area contributed by atoms with Crippen molar-refractivity contribution in [1.82, 2.24) is 15.5 Å². The number of halogens is 1. The van der Waals surface area contributed by atoms with Crippen molar-refractivity contribution in [2.45, 2.75) is 52.5 Å². The van der Waals surface area contributed by atoms with Gasteiger partial charge in [-0.25, -0.2) is 4.39 Å². The summed E-state index contributed by atoms with van der Waals surface area (Å²) >= 11 is 0. The highest BCUT2D eigenvalue weighted by molar-refractivity contribution is 5.84. The van der Waals surface area contributed by atoms with Crippen LogP contribution in [0.1, 0.15) is 63.6 Å². The van der Waals surface area contributed by atoms with E-state index in [1.807, 2.05) is 43.3 Å². The summed E-state index contributed by atoms with van der Waals surface area (Å²) in [5.74, 6) is -0.132. The molecule has 1 N–H and O–H groups in total. The van der Waals surface area contributed by atoms with Crippen LogP contribution in [0, 0.1) is 16.6 Å². The van der Waals surface area contributed by atoms with Crippen molar-refractivity contribution in [1.29, 1.82) is 0 Å². The fourth-order valence-corrected chi connectivity index (χ4v) is 5.04. The third kappa shape index (κ3) is 3.81. The van der Waals surface area contributed by atoms with E-state index in [2.05, 4.69) is 36.3 Å². The number of nitrogens with one attached hydrogen (secondary N) is 1. The maximum Gasteiger partial charge on any atom is 0.226 e. The van der Waals surface area contributed by atoms with E-state index in [-0.39, 0.29) is 29.1 Å². The number of carbonyl (C=O) groups is 1. The summed E-state index contributed by atoms with van der Waals surface area (Å²) in [6, 6.07) is 18.5. The monoisotopic (exact) mass is 431 g/mol. The highest BCUT2D eigenvalue weighted by Gasteiger charge is 2.56. The van der Waals surface area contributed by atoms with Gasteiger partial charge in [-0.15, -0.1) is 0 Å². The van der Waals surface area contributed by atoms with Gasteiger partial charge >= 0.3 is 0 Å². The van der Waals surface area contributed by atoms with Crippen LogP contribution >= 0.6 is 0 Å². The van der Waals surface area contributed by atoms with Crippen molar-refractivity contribution >= 4 is 5.91 Å². The Balaban J connectivity index is 1.59. The molecule has 2 aromatic carbocycles. The van der Waals surface area contributed by atoms with Gasteiger partial charge < -0.3 is 5.32 Å². The summed E-state index contributed by atoms with van der Waals surface area (Å²) in [5, 5.41) is 11.6. The van der Waals surface area contributed by atoms with Gasteiger partial charge in [0.25, 0.3) is 0 Å². The molecule has 1 heterocycles. The second-order valence-corrected chi connectivity index (χ2v) is 9.60. The second-order valence-electron chi connectivity index (χ2n) is 9.60. The fraction of sp³-hybridized carbons (Fsp3) is 0.370. The number of aromatic nitrogens is 2. The SMILES string of the molecule is CC(NC(=O)[C@]1(C)CC[C@@H](c2cnnc(-c3ccccc3F)c2)C1(C)C)c1ccccc1. The van der Waals surface area contributed by atoms with Crippen LogP contribution in [-0.4, -0.2) is 16.1 Å². The van der Waals surface area contributed by atoms with Crippen molar-refractivity contribution in [3.05, 3.63) is 83.8 Å². The normalized spacial score (nSPS) is 23.0. The molecule has 0 saturated heterocycles. The molecule has 3 aromatic rings. The number of amides is 1. The smallest absolute Gasteiger partial charge is 0.226 e. The molecule has 1 fully saturated rings. The summed E-state index contributed by atoms with van der Waals surface area (Å²) < 4.78 is 14.3. The number of rotatable bonds is 5. The van der Waals surface area contributed by atoms with Crippen LogP contribution in [0.3, 0.4) is 0 Å². The third-order valence-electron chi connectivity index (χ3n) is 7.60. The first-order valence-corrected chi connectivity index (χ1v) is 11.2. The van der Waals surface area contributed by atoms with E-state index in [1.165, 1.54) is 6.07 Å². The van der Waals surface area contributed by atoms with Crippen molar-refractivity contribution in [3.63, 3.8) is 0 Å². The molecule has 1 unspecified atom stereocenters. The molecule has 5 heteroatoms. The molecule has 1 aliphatic carbocycles. The fourth-order valence-electron chi connectivity index (χ4n) is 5.04. The molecule has 4 rings (SSSR count). The van der Waals surface area contributed by atoms with E-state index in [4.69, 9.17) is 0 Å². The molecule has 166 valence electrons. The lowest BCUT2D eigenvalue weighted by atomic mass is 9.64. The molecule has 0 spiro atoms. The lowest BCUT2D eigenvalue weighted by molar-refractivity contribution is -0.136. The second kappa shape index (κ2) is 8.45. The van der Waals surface area contributed by atoms with Crippen LogP contribution in [-0.2, 0) is 4.79 Å². The molecule has 3 atom stereocenters. The highest BCUT2D eigenvalue weighted by atomic mass is 19.1. The third-order valence-corrected chi connectivity index (χ3v) is 7.60. The number of hydrogen-bond donors (Lipinski definition) is 1. The van der Waals surface area contributed by atoms with Crippen molar-refractivity contribution in [2.75, 3.05) is 0 Å². The first-order valence-electron chi connectivity index (χ1n) is 11.2. The molecule has 1 aromatic heterocycles. The van der Waals surface area contributed by atoms with Crippen LogP contribution in [0.15, 0.2) is 66.9 Å². The molecule has 0 radical (unpaired) electrons. The van der Waals surface area contributed by atoms with Gasteiger partial charge in [0.05, 0.1) is 23.3 Å². The summed E-state index contributed by atoms with van der Waals surface area (Å²) in [7, 11) is 0. The Kier molecular flexibility index (Phi) is 5.85. The summed E-state index contributed by atoms with van der Waals surface area (Å²) in [4.78, 5) is 13.5. The van der Waals surface area contributed by atoms with Gasteiger partial charge in [-0.05, 0) is 60.4 Å². The summed E-state index contributed by atoms with van der Waals surface area (Å²) in [5.41, 5.74) is 2.19. The minimum Gasteiger partial charge on any atom is -0.349 e. The molecule has 0 aliphatic heterocycles. The van der Waals surface area contributed by atoms with E-state index in [0.717, 1.165) is 24.0 Å². The van der Waals surface area contributed by atoms with E-state index in [0.29, 0.717) is 11.3 Å². The van der Waals surface area contributed by atoms with Gasteiger partial charge in [0, 0.05) is 5.56 Å². The van der Waals surface area contributed by atoms with Crippen molar-refractivity contribution in [3.8, 4) is 11.3 Å². The van der Waals surface area contributed by atoms with E-state index >= 15 is 0 Å². The van der Waals surface area contributed by atoms with E-state index < -0.39 is 5.41 Å². The zero-order chi connectivity index (χ0) is 22.9. The van der Waals surface area contributed by atoms with Gasteiger partial charge in [-0.2, -0.15) is 10.2 Å². The Morgan fingerprint density at radius 1 is 1.09 bits per heavy atom. The Morgan fingerprint density at radius 2 is 1.78 bits per heavy atom. The zero-order valence-corrected chi connectivity index (χ0v) is 19.1. The van der Waals surface area contributed by atoms with Gasteiger partial charge in [0.1, 0.15) is 5.82 Å². The van der Waals surface area contributed by atoms with Gasteiger partial charge in [-0.1, -0.05) is 63.2 Å². The quantitative estimate of drug-likeness (QED) is 0.533. The maximum absolute atomic E-state index is 14.3. The Morgan fingerprint density at radius 3 is 2.50 bits per heavy atom. The lowest BCUT2D eigenvalue weighted by Crippen LogP contribution is -2.47. The average molecular weight is 432 g/mol.